The number of fused-ring (bicyclic) bond motifs is 1. The van der Waals surface area contributed by atoms with Crippen molar-refractivity contribution in [2.45, 2.75) is 33.3 Å². The molecule has 1 heterocycles. The summed E-state index contributed by atoms with van der Waals surface area (Å²) in [5.74, 6) is 1.19. The zero-order valence-corrected chi connectivity index (χ0v) is 12.3. The van der Waals surface area contributed by atoms with E-state index in [2.05, 4.69) is 5.32 Å². The van der Waals surface area contributed by atoms with Crippen molar-refractivity contribution < 1.29 is 19.4 Å². The fourth-order valence-corrected chi connectivity index (χ4v) is 1.85. The van der Waals surface area contributed by atoms with Crippen molar-refractivity contribution >= 4 is 5.91 Å². The molecule has 0 saturated heterocycles. The first-order valence-electron chi connectivity index (χ1n) is 6.61. The lowest BCUT2D eigenvalue weighted by Gasteiger charge is -2.27. The highest BCUT2D eigenvalue weighted by Crippen LogP contribution is 2.35. The van der Waals surface area contributed by atoms with Gasteiger partial charge in [0.15, 0.2) is 11.5 Å². The van der Waals surface area contributed by atoms with Gasteiger partial charge in [-0.25, -0.2) is 0 Å². The van der Waals surface area contributed by atoms with Gasteiger partial charge in [-0.15, -0.1) is 0 Å². The highest BCUT2D eigenvalue weighted by atomic mass is 16.7. The minimum atomic E-state index is -1.16. The summed E-state index contributed by atoms with van der Waals surface area (Å²) < 4.78 is 10.5. The molecule has 1 aliphatic heterocycles. The molecule has 0 unspecified atom stereocenters. The van der Waals surface area contributed by atoms with Gasteiger partial charge in [0.25, 0.3) is 0 Å². The molecule has 1 aromatic carbocycles. The molecule has 0 saturated carbocycles. The van der Waals surface area contributed by atoms with Crippen LogP contribution in [0.2, 0.25) is 0 Å². The van der Waals surface area contributed by atoms with E-state index in [1.165, 1.54) is 0 Å². The number of benzene rings is 1. The maximum atomic E-state index is 11.9. The Morgan fingerprint density at radius 2 is 1.90 bits per heavy atom. The van der Waals surface area contributed by atoms with Gasteiger partial charge >= 0.3 is 0 Å². The van der Waals surface area contributed by atoms with Crippen LogP contribution in [0.5, 0.6) is 11.5 Å². The van der Waals surface area contributed by atoms with E-state index in [0.717, 1.165) is 0 Å². The van der Waals surface area contributed by atoms with E-state index in [0.29, 0.717) is 17.1 Å². The van der Waals surface area contributed by atoms with Crippen molar-refractivity contribution in [1.29, 1.82) is 0 Å². The third-order valence-corrected chi connectivity index (χ3v) is 3.27. The van der Waals surface area contributed by atoms with E-state index in [4.69, 9.17) is 9.47 Å². The predicted octanol–water partition coefficient (Wildman–Crippen LogP) is 1.79. The monoisotopic (exact) mass is 279 g/mol. The van der Waals surface area contributed by atoms with Crippen molar-refractivity contribution in [1.82, 2.24) is 5.32 Å². The molecule has 0 spiro atoms. The van der Waals surface area contributed by atoms with E-state index >= 15 is 0 Å². The minimum absolute atomic E-state index is 0.0986. The third-order valence-electron chi connectivity index (χ3n) is 3.27. The van der Waals surface area contributed by atoms with Gasteiger partial charge in [0.1, 0.15) is 5.60 Å². The van der Waals surface area contributed by atoms with E-state index in [-0.39, 0.29) is 19.2 Å². The second-order valence-corrected chi connectivity index (χ2v) is 6.27. The number of hydrogen-bond donors (Lipinski definition) is 2. The van der Waals surface area contributed by atoms with Gasteiger partial charge in [-0.05, 0) is 24.6 Å². The Morgan fingerprint density at radius 3 is 2.55 bits per heavy atom. The summed E-state index contributed by atoms with van der Waals surface area (Å²) in [6.45, 7) is 7.49. The molecule has 1 amide bonds. The minimum Gasteiger partial charge on any atom is -0.454 e. The van der Waals surface area contributed by atoms with Gasteiger partial charge < -0.3 is 19.9 Å². The summed E-state index contributed by atoms with van der Waals surface area (Å²) in [6, 6.07) is 5.28. The Kier molecular flexibility index (Phi) is 3.65. The first-order chi connectivity index (χ1) is 9.20. The van der Waals surface area contributed by atoms with Gasteiger partial charge in [0, 0.05) is 5.41 Å². The average Bonchev–Trinajstić information content (AvgIpc) is 2.81. The number of carbonyl (C=O) groups is 1. The molecule has 1 atom stereocenters. The van der Waals surface area contributed by atoms with Crippen LogP contribution in [-0.2, 0) is 10.4 Å². The number of amides is 1. The smallest absolute Gasteiger partial charge is 0.231 e. The third kappa shape index (κ3) is 3.04. The number of aliphatic hydroxyl groups is 1. The lowest BCUT2D eigenvalue weighted by atomic mass is 9.93. The van der Waals surface area contributed by atoms with Gasteiger partial charge in [-0.1, -0.05) is 26.8 Å². The highest BCUT2D eigenvalue weighted by molar-refractivity contribution is 5.81. The molecule has 2 N–H and O–H groups in total. The molecule has 5 heteroatoms. The summed E-state index contributed by atoms with van der Waals surface area (Å²) in [5, 5.41) is 13.3. The van der Waals surface area contributed by atoms with E-state index in [1.807, 2.05) is 20.8 Å². The molecule has 20 heavy (non-hydrogen) atoms. The summed E-state index contributed by atoms with van der Waals surface area (Å²) in [6.07, 6.45) is 0. The number of rotatable bonds is 3. The number of nitrogens with one attached hydrogen (secondary N) is 1. The summed E-state index contributed by atoms with van der Waals surface area (Å²) >= 11 is 0. The molecular weight excluding hydrogens is 258 g/mol. The second-order valence-electron chi connectivity index (χ2n) is 6.27. The number of hydrogen-bond acceptors (Lipinski definition) is 4. The van der Waals surface area contributed by atoms with Crippen LogP contribution in [-0.4, -0.2) is 24.4 Å². The van der Waals surface area contributed by atoms with Crippen molar-refractivity contribution in [3.05, 3.63) is 23.8 Å². The van der Waals surface area contributed by atoms with Crippen LogP contribution in [0.15, 0.2) is 18.2 Å². The molecule has 0 aliphatic carbocycles. The second kappa shape index (κ2) is 4.98. The molecule has 110 valence electrons. The quantitative estimate of drug-likeness (QED) is 0.885. The lowest BCUT2D eigenvalue weighted by Crippen LogP contribution is -2.43. The zero-order valence-electron chi connectivity index (χ0n) is 12.3. The summed E-state index contributed by atoms with van der Waals surface area (Å²) in [5.41, 5.74) is -0.969. The average molecular weight is 279 g/mol. The lowest BCUT2D eigenvalue weighted by molar-refractivity contribution is -0.129. The first-order valence-corrected chi connectivity index (χ1v) is 6.61. The van der Waals surface area contributed by atoms with Crippen molar-refractivity contribution in [2.24, 2.45) is 5.41 Å². The van der Waals surface area contributed by atoms with Gasteiger partial charge in [0.05, 0.1) is 6.54 Å². The Hall–Kier alpha value is -1.75. The van der Waals surface area contributed by atoms with Crippen LogP contribution in [0.4, 0.5) is 0 Å². The highest BCUT2D eigenvalue weighted by Gasteiger charge is 2.29. The molecular formula is C15H21NO4. The van der Waals surface area contributed by atoms with Gasteiger partial charge in [-0.3, -0.25) is 4.79 Å². The van der Waals surface area contributed by atoms with E-state index < -0.39 is 11.0 Å². The molecule has 5 nitrogen and oxygen atoms in total. The van der Waals surface area contributed by atoms with Crippen molar-refractivity contribution in [3.63, 3.8) is 0 Å². The predicted molar refractivity (Wildman–Crippen MR) is 74.6 cm³/mol. The maximum Gasteiger partial charge on any atom is 0.231 e. The maximum absolute atomic E-state index is 11.9. The van der Waals surface area contributed by atoms with Crippen LogP contribution in [0.25, 0.3) is 0 Å². The SMILES string of the molecule is CC(C)(C)C(=O)NC[C@@](C)(O)c1ccc2c(c1)OCO2. The molecule has 1 aromatic rings. The Balaban J connectivity index is 2.08. The summed E-state index contributed by atoms with van der Waals surface area (Å²) in [4.78, 5) is 11.9. The Bertz CT molecular complexity index is 517. The van der Waals surface area contributed by atoms with Crippen molar-refractivity contribution in [2.75, 3.05) is 13.3 Å². The van der Waals surface area contributed by atoms with Gasteiger partial charge in [0.2, 0.25) is 12.7 Å². The Labute approximate surface area is 118 Å². The van der Waals surface area contributed by atoms with E-state index in [9.17, 15) is 9.90 Å². The zero-order chi connectivity index (χ0) is 15.0. The molecule has 2 rings (SSSR count). The van der Waals surface area contributed by atoms with Gasteiger partial charge in [-0.2, -0.15) is 0 Å². The molecule has 1 aliphatic rings. The topological polar surface area (TPSA) is 67.8 Å². The molecule has 0 fully saturated rings. The fourth-order valence-electron chi connectivity index (χ4n) is 1.85. The number of ether oxygens (including phenoxy) is 2. The number of carbonyl (C=O) groups excluding carboxylic acids is 1. The van der Waals surface area contributed by atoms with Crippen LogP contribution < -0.4 is 14.8 Å². The molecule has 0 radical (unpaired) electrons. The van der Waals surface area contributed by atoms with Crippen molar-refractivity contribution in [3.8, 4) is 11.5 Å². The molecule has 0 aromatic heterocycles. The van der Waals surface area contributed by atoms with E-state index in [1.54, 1.807) is 25.1 Å². The standard InChI is InChI=1S/C15H21NO4/c1-14(2,3)13(17)16-8-15(4,18)10-5-6-11-12(7-10)20-9-19-11/h5-7,18H,8-9H2,1-4H3,(H,16,17)/t15-/m1/s1. The van der Waals surface area contributed by atoms with Crippen LogP contribution in [0.3, 0.4) is 0 Å². The largest absolute Gasteiger partial charge is 0.454 e. The van der Waals surface area contributed by atoms with Crippen LogP contribution in [0, 0.1) is 5.41 Å². The first kappa shape index (κ1) is 14.7. The summed E-state index contributed by atoms with van der Waals surface area (Å²) in [7, 11) is 0. The molecule has 0 bridgehead atoms. The Morgan fingerprint density at radius 1 is 1.25 bits per heavy atom. The normalized spacial score (nSPS) is 16.6. The fraction of sp³-hybridized carbons (Fsp3) is 0.533. The van der Waals surface area contributed by atoms with Crippen LogP contribution in [0.1, 0.15) is 33.3 Å². The van der Waals surface area contributed by atoms with Crippen LogP contribution >= 0.6 is 0 Å².